The summed E-state index contributed by atoms with van der Waals surface area (Å²) in [6.45, 7) is 1.81. The van der Waals surface area contributed by atoms with Gasteiger partial charge in [-0.2, -0.15) is 0 Å². The minimum Gasteiger partial charge on any atom is -0.480 e. The average molecular weight is 318 g/mol. The molecule has 0 fully saturated rings. The van der Waals surface area contributed by atoms with Gasteiger partial charge in [-0.1, -0.05) is 0 Å². The number of carboxylic acids is 1. The first-order valence-corrected chi connectivity index (χ1v) is 7.15. The summed E-state index contributed by atoms with van der Waals surface area (Å²) in [7, 11) is 1.53. The molecule has 1 atom stereocenters. The second-order valence-electron chi connectivity index (χ2n) is 5.23. The summed E-state index contributed by atoms with van der Waals surface area (Å²) >= 11 is 0. The molecular weight excluding hydrogens is 300 g/mol. The fraction of sp³-hybridized carbons (Fsp3) is 0.312. The molecule has 122 valence electrons. The SMILES string of the molecule is CNC(CCC(=O)Nc1ccc2c(C)cc(=O)oc2c1)C(=O)O. The Balaban J connectivity index is 2.08. The van der Waals surface area contributed by atoms with Crippen LogP contribution in [-0.2, 0) is 9.59 Å². The summed E-state index contributed by atoms with van der Waals surface area (Å²) in [6.07, 6.45) is 0.243. The van der Waals surface area contributed by atoms with Crippen LogP contribution in [-0.4, -0.2) is 30.1 Å². The first kappa shape index (κ1) is 16.7. The van der Waals surface area contributed by atoms with Crippen LogP contribution in [0.4, 0.5) is 5.69 Å². The minimum atomic E-state index is -0.997. The van der Waals surface area contributed by atoms with E-state index in [0.29, 0.717) is 11.3 Å². The molecule has 0 aliphatic carbocycles. The molecule has 1 aromatic heterocycles. The lowest BCUT2D eigenvalue weighted by molar-refractivity contribution is -0.139. The number of anilines is 1. The van der Waals surface area contributed by atoms with Gasteiger partial charge in [-0.15, -0.1) is 0 Å². The van der Waals surface area contributed by atoms with Crippen LogP contribution in [0.3, 0.4) is 0 Å². The third-order valence-corrected chi connectivity index (χ3v) is 3.54. The van der Waals surface area contributed by atoms with Crippen LogP contribution < -0.4 is 16.3 Å². The van der Waals surface area contributed by atoms with Crippen LogP contribution >= 0.6 is 0 Å². The predicted octanol–water partition coefficient (Wildman–Crippen LogP) is 1.49. The topological polar surface area (TPSA) is 109 Å². The highest BCUT2D eigenvalue weighted by atomic mass is 16.4. The highest BCUT2D eigenvalue weighted by molar-refractivity contribution is 5.93. The van der Waals surface area contributed by atoms with Crippen LogP contribution in [0.1, 0.15) is 18.4 Å². The molecule has 2 aromatic rings. The fourth-order valence-corrected chi connectivity index (χ4v) is 2.29. The van der Waals surface area contributed by atoms with Gasteiger partial charge in [0.25, 0.3) is 0 Å². The van der Waals surface area contributed by atoms with Crippen LogP contribution in [0, 0.1) is 6.92 Å². The molecule has 0 aliphatic rings. The normalized spacial score (nSPS) is 12.1. The molecule has 0 saturated heterocycles. The van der Waals surface area contributed by atoms with E-state index in [1.807, 2.05) is 0 Å². The van der Waals surface area contributed by atoms with Crippen LogP contribution in [0.25, 0.3) is 11.0 Å². The van der Waals surface area contributed by atoms with Gasteiger partial charge in [-0.05, 0) is 38.1 Å². The molecule has 1 unspecified atom stereocenters. The van der Waals surface area contributed by atoms with E-state index < -0.39 is 17.6 Å². The highest BCUT2D eigenvalue weighted by Gasteiger charge is 2.16. The van der Waals surface area contributed by atoms with Crippen molar-refractivity contribution in [1.82, 2.24) is 5.32 Å². The number of aryl methyl sites for hydroxylation is 1. The predicted molar refractivity (Wildman–Crippen MR) is 85.6 cm³/mol. The minimum absolute atomic E-state index is 0.0631. The zero-order valence-electron chi connectivity index (χ0n) is 12.9. The maximum atomic E-state index is 11.9. The van der Waals surface area contributed by atoms with Crippen molar-refractivity contribution >= 4 is 28.5 Å². The molecule has 7 nitrogen and oxygen atoms in total. The average Bonchev–Trinajstić information content (AvgIpc) is 2.46. The molecule has 2 rings (SSSR count). The molecule has 23 heavy (non-hydrogen) atoms. The van der Waals surface area contributed by atoms with Gasteiger partial charge in [0.05, 0.1) is 0 Å². The third-order valence-electron chi connectivity index (χ3n) is 3.54. The van der Waals surface area contributed by atoms with Crippen molar-refractivity contribution in [1.29, 1.82) is 0 Å². The zero-order valence-corrected chi connectivity index (χ0v) is 12.9. The van der Waals surface area contributed by atoms with E-state index in [4.69, 9.17) is 9.52 Å². The smallest absolute Gasteiger partial charge is 0.336 e. The molecule has 1 aromatic carbocycles. The number of amides is 1. The molecule has 0 aliphatic heterocycles. The lowest BCUT2D eigenvalue weighted by Gasteiger charge is -2.11. The number of rotatable bonds is 6. The summed E-state index contributed by atoms with van der Waals surface area (Å²) in [4.78, 5) is 34.2. The van der Waals surface area contributed by atoms with E-state index >= 15 is 0 Å². The number of benzene rings is 1. The largest absolute Gasteiger partial charge is 0.480 e. The number of aliphatic carboxylic acids is 1. The standard InChI is InChI=1S/C16H18N2O5/c1-9-7-15(20)23-13-8-10(3-4-11(9)13)18-14(19)6-5-12(17-2)16(21)22/h3-4,7-8,12,17H,5-6H2,1-2H3,(H,18,19)(H,21,22). The Hall–Kier alpha value is -2.67. The van der Waals surface area contributed by atoms with E-state index in [9.17, 15) is 14.4 Å². The Morgan fingerprint density at radius 1 is 1.30 bits per heavy atom. The number of fused-ring (bicyclic) bond motifs is 1. The number of hydrogen-bond donors (Lipinski definition) is 3. The number of hydrogen-bond acceptors (Lipinski definition) is 5. The van der Waals surface area contributed by atoms with E-state index in [-0.39, 0.29) is 18.7 Å². The first-order valence-electron chi connectivity index (χ1n) is 7.15. The molecule has 0 radical (unpaired) electrons. The van der Waals surface area contributed by atoms with Crippen LogP contribution in [0.15, 0.2) is 33.5 Å². The number of carboxylic acid groups (broad SMARTS) is 1. The van der Waals surface area contributed by atoms with Gasteiger partial charge in [0.15, 0.2) is 0 Å². The monoisotopic (exact) mass is 318 g/mol. The Labute approximate surface area is 132 Å². The lowest BCUT2D eigenvalue weighted by Crippen LogP contribution is -2.34. The van der Waals surface area contributed by atoms with Gasteiger partial charge in [0, 0.05) is 29.6 Å². The maximum absolute atomic E-state index is 11.9. The van der Waals surface area contributed by atoms with Gasteiger partial charge in [0.2, 0.25) is 5.91 Å². The second-order valence-corrected chi connectivity index (χ2v) is 5.23. The fourth-order valence-electron chi connectivity index (χ4n) is 2.29. The lowest BCUT2D eigenvalue weighted by atomic mass is 10.1. The molecule has 0 bridgehead atoms. The molecule has 0 spiro atoms. The molecule has 0 saturated carbocycles. The zero-order chi connectivity index (χ0) is 17.0. The first-order chi connectivity index (χ1) is 10.9. The number of carbonyl (C=O) groups excluding carboxylic acids is 1. The number of likely N-dealkylation sites (N-methyl/N-ethyl adjacent to an activating group) is 1. The Morgan fingerprint density at radius 2 is 2.04 bits per heavy atom. The van der Waals surface area contributed by atoms with Crippen LogP contribution in [0.2, 0.25) is 0 Å². The summed E-state index contributed by atoms with van der Waals surface area (Å²) in [5, 5.41) is 15.0. The van der Waals surface area contributed by atoms with Crippen molar-refractivity contribution < 1.29 is 19.1 Å². The van der Waals surface area contributed by atoms with Gasteiger partial charge in [-0.3, -0.25) is 9.59 Å². The Bertz CT molecular complexity index is 797. The molecule has 1 amide bonds. The second kappa shape index (κ2) is 7.06. The molecule has 7 heteroatoms. The summed E-state index contributed by atoms with van der Waals surface area (Å²) < 4.78 is 5.12. The van der Waals surface area contributed by atoms with Crippen molar-refractivity contribution in [3.63, 3.8) is 0 Å². The number of carbonyl (C=O) groups is 2. The van der Waals surface area contributed by atoms with E-state index in [1.165, 1.54) is 13.1 Å². The number of nitrogens with one attached hydrogen (secondary N) is 2. The molecule has 1 heterocycles. The van der Waals surface area contributed by atoms with E-state index in [0.717, 1.165) is 10.9 Å². The molecule has 3 N–H and O–H groups in total. The van der Waals surface area contributed by atoms with Crippen molar-refractivity contribution in [2.75, 3.05) is 12.4 Å². The maximum Gasteiger partial charge on any atom is 0.336 e. The van der Waals surface area contributed by atoms with Crippen molar-refractivity contribution in [2.45, 2.75) is 25.8 Å². The van der Waals surface area contributed by atoms with Gasteiger partial charge >= 0.3 is 11.6 Å². The van der Waals surface area contributed by atoms with Crippen molar-refractivity contribution in [2.24, 2.45) is 0 Å². The third kappa shape index (κ3) is 4.17. The van der Waals surface area contributed by atoms with Crippen LogP contribution in [0.5, 0.6) is 0 Å². The Kier molecular flexibility index (Phi) is 5.13. The van der Waals surface area contributed by atoms with Crippen molar-refractivity contribution in [3.8, 4) is 0 Å². The Morgan fingerprint density at radius 3 is 2.70 bits per heavy atom. The highest BCUT2D eigenvalue weighted by Crippen LogP contribution is 2.20. The van der Waals surface area contributed by atoms with Gasteiger partial charge < -0.3 is 20.2 Å². The summed E-state index contributed by atoms with van der Waals surface area (Å²) in [5.74, 6) is -1.30. The summed E-state index contributed by atoms with van der Waals surface area (Å²) in [5.41, 5.74) is 1.24. The molecular formula is C16H18N2O5. The van der Waals surface area contributed by atoms with Gasteiger partial charge in [0.1, 0.15) is 11.6 Å². The van der Waals surface area contributed by atoms with Gasteiger partial charge in [-0.25, -0.2) is 4.79 Å². The van der Waals surface area contributed by atoms with E-state index in [2.05, 4.69) is 10.6 Å². The van der Waals surface area contributed by atoms with E-state index in [1.54, 1.807) is 25.1 Å². The summed E-state index contributed by atoms with van der Waals surface area (Å²) in [6, 6.07) is 5.69. The quantitative estimate of drug-likeness (QED) is 0.696. The van der Waals surface area contributed by atoms with Crippen molar-refractivity contribution in [3.05, 3.63) is 40.2 Å².